The van der Waals surface area contributed by atoms with Crippen LogP contribution in [0.4, 0.5) is 0 Å². The number of hydrogen-bond acceptors (Lipinski definition) is 3. The van der Waals surface area contributed by atoms with Crippen molar-refractivity contribution in [3.05, 3.63) is 6.42 Å². The van der Waals surface area contributed by atoms with Gasteiger partial charge in [-0.25, -0.2) is 0 Å². The Morgan fingerprint density at radius 1 is 1.73 bits per heavy atom. The van der Waals surface area contributed by atoms with E-state index in [0.29, 0.717) is 5.75 Å². The molecule has 0 aliphatic carbocycles. The number of carbonyl (C=O) groups is 2. The molecule has 1 heterocycles. The lowest BCUT2D eigenvalue weighted by Crippen LogP contribution is -2.43. The van der Waals surface area contributed by atoms with Crippen LogP contribution in [0.2, 0.25) is 0 Å². The van der Waals surface area contributed by atoms with E-state index in [9.17, 15) is 9.59 Å². The third-order valence-electron chi connectivity index (χ3n) is 1.36. The van der Waals surface area contributed by atoms with Crippen LogP contribution in [0.1, 0.15) is 13.3 Å². The molecule has 1 atom stereocenters. The molecule has 3 nitrogen and oxygen atoms in total. The molecule has 0 aromatic heterocycles. The van der Waals surface area contributed by atoms with Crippen molar-refractivity contribution in [2.75, 3.05) is 5.75 Å². The number of rotatable bonds is 2. The molecule has 61 valence electrons. The van der Waals surface area contributed by atoms with E-state index in [2.05, 4.69) is 5.32 Å². The lowest BCUT2D eigenvalue weighted by molar-refractivity contribution is -0.129. The summed E-state index contributed by atoms with van der Waals surface area (Å²) >= 11 is 1.39. The zero-order valence-corrected chi connectivity index (χ0v) is 7.11. The van der Waals surface area contributed by atoms with Crippen LogP contribution in [-0.2, 0) is 9.59 Å². The van der Waals surface area contributed by atoms with Crippen LogP contribution in [0.3, 0.4) is 0 Å². The highest BCUT2D eigenvalue weighted by molar-refractivity contribution is 8.01. The molecule has 1 radical (unpaired) electrons. The number of hydrogen-bond donors (Lipinski definition) is 1. The monoisotopic (exact) mass is 172 g/mol. The smallest absolute Gasteiger partial charge is 0.239 e. The third-order valence-corrected chi connectivity index (χ3v) is 2.56. The molecule has 0 aromatic rings. The van der Waals surface area contributed by atoms with Gasteiger partial charge < -0.3 is 0 Å². The van der Waals surface area contributed by atoms with Crippen molar-refractivity contribution in [2.24, 2.45) is 0 Å². The highest BCUT2D eigenvalue weighted by atomic mass is 32.2. The lowest BCUT2D eigenvalue weighted by atomic mass is 10.2. The Bertz CT molecular complexity index is 181. The van der Waals surface area contributed by atoms with Gasteiger partial charge in [0.15, 0.2) is 0 Å². The van der Waals surface area contributed by atoms with Gasteiger partial charge in [-0.15, -0.1) is 11.8 Å². The molecule has 0 aromatic carbocycles. The van der Waals surface area contributed by atoms with Gasteiger partial charge in [0.1, 0.15) is 0 Å². The zero-order chi connectivity index (χ0) is 8.27. The second-order valence-electron chi connectivity index (χ2n) is 2.29. The number of imide groups is 1. The SMILES string of the molecule is CC[CH]C1SCC(=O)NC1=O. The zero-order valence-electron chi connectivity index (χ0n) is 6.29. The highest BCUT2D eigenvalue weighted by Gasteiger charge is 2.25. The Morgan fingerprint density at radius 3 is 3.00 bits per heavy atom. The summed E-state index contributed by atoms with van der Waals surface area (Å²) in [6.45, 7) is 1.98. The van der Waals surface area contributed by atoms with Crippen molar-refractivity contribution >= 4 is 23.6 Å². The Hall–Kier alpha value is -0.510. The van der Waals surface area contributed by atoms with Crippen molar-refractivity contribution in [1.29, 1.82) is 0 Å². The molecule has 11 heavy (non-hydrogen) atoms. The van der Waals surface area contributed by atoms with Crippen LogP contribution < -0.4 is 5.32 Å². The summed E-state index contributed by atoms with van der Waals surface area (Å²) in [6.07, 6.45) is 2.77. The molecule has 4 heteroatoms. The number of thioether (sulfide) groups is 1. The fourth-order valence-corrected chi connectivity index (χ4v) is 1.82. The first-order chi connectivity index (χ1) is 5.24. The van der Waals surface area contributed by atoms with Crippen LogP contribution >= 0.6 is 11.8 Å². The van der Waals surface area contributed by atoms with Gasteiger partial charge in [0, 0.05) is 0 Å². The molecule has 1 aliphatic heterocycles. The van der Waals surface area contributed by atoms with E-state index >= 15 is 0 Å². The van der Waals surface area contributed by atoms with Gasteiger partial charge in [-0.3, -0.25) is 14.9 Å². The Kier molecular flexibility index (Phi) is 2.93. The van der Waals surface area contributed by atoms with Gasteiger partial charge in [0.25, 0.3) is 0 Å². The maximum Gasteiger partial charge on any atom is 0.239 e. The van der Waals surface area contributed by atoms with Crippen LogP contribution in [0.15, 0.2) is 0 Å². The van der Waals surface area contributed by atoms with Crippen LogP contribution in [-0.4, -0.2) is 22.8 Å². The first-order valence-corrected chi connectivity index (χ1v) is 4.57. The summed E-state index contributed by atoms with van der Waals surface area (Å²) < 4.78 is 0. The fourth-order valence-electron chi connectivity index (χ4n) is 0.875. The lowest BCUT2D eigenvalue weighted by Gasteiger charge is -2.18. The quantitative estimate of drug-likeness (QED) is 0.612. The third kappa shape index (κ3) is 2.22. The highest BCUT2D eigenvalue weighted by Crippen LogP contribution is 2.18. The van der Waals surface area contributed by atoms with E-state index in [1.807, 2.05) is 13.3 Å². The second kappa shape index (κ2) is 3.76. The molecule has 1 fully saturated rings. The first-order valence-electron chi connectivity index (χ1n) is 3.52. The summed E-state index contributed by atoms with van der Waals surface area (Å²) in [6, 6.07) is 0. The second-order valence-corrected chi connectivity index (χ2v) is 3.42. The standard InChI is InChI=1S/C7H10NO2S/c1-2-3-5-7(10)8-6(9)4-11-5/h3,5H,2,4H2,1H3,(H,8,9,10). The molecule has 1 rings (SSSR count). The van der Waals surface area contributed by atoms with E-state index in [1.54, 1.807) is 0 Å². The number of nitrogens with one attached hydrogen (secondary N) is 1. The molecule has 0 bridgehead atoms. The first kappa shape index (κ1) is 8.59. The normalized spacial score (nSPS) is 25.0. The van der Waals surface area contributed by atoms with Gasteiger partial charge in [0.2, 0.25) is 11.8 Å². The van der Waals surface area contributed by atoms with Crippen molar-refractivity contribution < 1.29 is 9.59 Å². The largest absolute Gasteiger partial charge is 0.295 e. The van der Waals surface area contributed by atoms with Crippen LogP contribution in [0.5, 0.6) is 0 Å². The van der Waals surface area contributed by atoms with Crippen LogP contribution in [0.25, 0.3) is 0 Å². The summed E-state index contributed by atoms with van der Waals surface area (Å²) in [5, 5.41) is 2.16. The Balaban J connectivity index is 2.44. The predicted molar refractivity (Wildman–Crippen MR) is 44.0 cm³/mol. The Labute approximate surface area is 69.9 Å². The topological polar surface area (TPSA) is 46.2 Å². The fraction of sp³-hybridized carbons (Fsp3) is 0.571. The van der Waals surface area contributed by atoms with E-state index in [4.69, 9.17) is 0 Å². The summed E-state index contributed by atoms with van der Waals surface area (Å²) in [5.74, 6) is 0.0428. The van der Waals surface area contributed by atoms with Crippen LogP contribution in [0, 0.1) is 6.42 Å². The Morgan fingerprint density at radius 2 is 2.45 bits per heavy atom. The van der Waals surface area contributed by atoms with E-state index in [0.717, 1.165) is 6.42 Å². The van der Waals surface area contributed by atoms with Gasteiger partial charge in [-0.1, -0.05) is 13.3 Å². The average molecular weight is 172 g/mol. The molecule has 0 saturated carbocycles. The molecular formula is C7H10NO2S. The average Bonchev–Trinajstić information content (AvgIpc) is 1.95. The van der Waals surface area contributed by atoms with Gasteiger partial charge in [-0.05, 0) is 6.42 Å². The summed E-state index contributed by atoms with van der Waals surface area (Å²) in [4.78, 5) is 21.7. The van der Waals surface area contributed by atoms with E-state index < -0.39 is 0 Å². The molecule has 1 saturated heterocycles. The molecule has 1 N–H and O–H groups in total. The molecular weight excluding hydrogens is 162 g/mol. The van der Waals surface area contributed by atoms with E-state index in [1.165, 1.54) is 11.8 Å². The van der Waals surface area contributed by atoms with Gasteiger partial charge in [0.05, 0.1) is 11.0 Å². The van der Waals surface area contributed by atoms with Crippen molar-refractivity contribution in [2.45, 2.75) is 18.6 Å². The van der Waals surface area contributed by atoms with Crippen molar-refractivity contribution in [3.8, 4) is 0 Å². The van der Waals surface area contributed by atoms with Gasteiger partial charge in [-0.2, -0.15) is 0 Å². The molecule has 0 spiro atoms. The van der Waals surface area contributed by atoms with Gasteiger partial charge >= 0.3 is 0 Å². The molecule has 1 aliphatic rings. The maximum absolute atomic E-state index is 11.0. The molecule has 2 amide bonds. The maximum atomic E-state index is 11.0. The molecule has 1 unspecified atom stereocenters. The number of amides is 2. The minimum atomic E-state index is -0.180. The minimum absolute atomic E-state index is 0.127. The van der Waals surface area contributed by atoms with Crippen molar-refractivity contribution in [1.82, 2.24) is 5.32 Å². The summed E-state index contributed by atoms with van der Waals surface area (Å²) in [5.41, 5.74) is 0. The predicted octanol–water partition coefficient (Wildman–Crippen LogP) is 0.359. The van der Waals surface area contributed by atoms with E-state index in [-0.39, 0.29) is 17.1 Å². The van der Waals surface area contributed by atoms with Crippen molar-refractivity contribution in [3.63, 3.8) is 0 Å². The summed E-state index contributed by atoms with van der Waals surface area (Å²) in [7, 11) is 0. The minimum Gasteiger partial charge on any atom is -0.295 e. The number of carbonyl (C=O) groups excluding carboxylic acids is 2.